The van der Waals surface area contributed by atoms with Crippen molar-refractivity contribution in [1.29, 1.82) is 0 Å². The molecule has 2 aromatic rings. The molecule has 0 fully saturated rings. The summed E-state index contributed by atoms with van der Waals surface area (Å²) in [7, 11) is 1.50. The third-order valence-corrected chi connectivity index (χ3v) is 3.54. The Labute approximate surface area is 121 Å². The molecule has 0 saturated heterocycles. The maximum absolute atomic E-state index is 8.00. The van der Waals surface area contributed by atoms with E-state index in [-0.39, 0.29) is 0 Å². The van der Waals surface area contributed by atoms with Crippen LogP contribution in [0.25, 0.3) is 11.1 Å². The summed E-state index contributed by atoms with van der Waals surface area (Å²) in [5, 5.41) is 0. The maximum atomic E-state index is 8.00. The molecule has 106 valence electrons. The van der Waals surface area contributed by atoms with Gasteiger partial charge in [0.05, 0.1) is 0 Å². The second-order valence-electron chi connectivity index (χ2n) is 4.52. The SMILES string of the molecule is C=O.CCCC1c2ccccc2-c2ccccc21.CN. The smallest absolute Gasteiger partial charge is 0.106 e. The molecule has 3 rings (SSSR count). The number of rotatable bonds is 2. The predicted molar refractivity (Wildman–Crippen MR) is 85.9 cm³/mol. The topological polar surface area (TPSA) is 43.1 Å². The van der Waals surface area contributed by atoms with Crippen LogP contribution in [-0.4, -0.2) is 13.8 Å². The van der Waals surface area contributed by atoms with Crippen molar-refractivity contribution in [3.05, 3.63) is 59.7 Å². The fourth-order valence-electron chi connectivity index (χ4n) is 2.86. The van der Waals surface area contributed by atoms with Crippen molar-refractivity contribution in [3.8, 4) is 11.1 Å². The lowest BCUT2D eigenvalue weighted by atomic mass is 9.93. The van der Waals surface area contributed by atoms with Gasteiger partial charge in [-0.3, -0.25) is 0 Å². The van der Waals surface area contributed by atoms with Gasteiger partial charge in [0, 0.05) is 5.92 Å². The van der Waals surface area contributed by atoms with Crippen LogP contribution in [0.5, 0.6) is 0 Å². The molecule has 1 aliphatic rings. The van der Waals surface area contributed by atoms with Crippen LogP contribution in [0.2, 0.25) is 0 Å². The van der Waals surface area contributed by atoms with E-state index in [1.807, 2.05) is 6.79 Å². The van der Waals surface area contributed by atoms with Crippen molar-refractivity contribution in [1.82, 2.24) is 0 Å². The van der Waals surface area contributed by atoms with E-state index >= 15 is 0 Å². The monoisotopic (exact) mass is 269 g/mol. The summed E-state index contributed by atoms with van der Waals surface area (Å²) in [5.41, 5.74) is 10.4. The second-order valence-corrected chi connectivity index (χ2v) is 4.52. The molecule has 0 radical (unpaired) electrons. The molecule has 2 heteroatoms. The van der Waals surface area contributed by atoms with Crippen LogP contribution in [0.15, 0.2) is 48.5 Å². The number of nitrogens with two attached hydrogens (primary N) is 1. The fraction of sp³-hybridized carbons (Fsp3) is 0.278. The lowest BCUT2D eigenvalue weighted by molar-refractivity contribution is -0.0979. The fourth-order valence-corrected chi connectivity index (χ4v) is 2.86. The molecule has 0 heterocycles. The van der Waals surface area contributed by atoms with Gasteiger partial charge in [-0.05, 0) is 35.7 Å². The highest BCUT2D eigenvalue weighted by atomic mass is 16.1. The van der Waals surface area contributed by atoms with E-state index in [0.717, 1.165) is 0 Å². The minimum absolute atomic E-state index is 0.623. The third kappa shape index (κ3) is 2.97. The molecule has 2 nitrogen and oxygen atoms in total. The number of carbonyl (C=O) groups excluding carboxylic acids is 1. The molecule has 0 unspecified atom stereocenters. The number of carbonyl (C=O) groups is 1. The molecule has 0 spiro atoms. The molecule has 0 aliphatic heterocycles. The van der Waals surface area contributed by atoms with E-state index in [9.17, 15) is 0 Å². The molecule has 0 amide bonds. The van der Waals surface area contributed by atoms with Crippen LogP contribution in [-0.2, 0) is 4.79 Å². The Morgan fingerprint density at radius 3 is 1.70 bits per heavy atom. The van der Waals surface area contributed by atoms with E-state index in [4.69, 9.17) is 4.79 Å². The van der Waals surface area contributed by atoms with E-state index in [2.05, 4.69) is 61.2 Å². The molecule has 2 aromatic carbocycles. The summed E-state index contributed by atoms with van der Waals surface area (Å²) >= 11 is 0. The van der Waals surface area contributed by atoms with Gasteiger partial charge in [-0.1, -0.05) is 61.9 Å². The number of benzene rings is 2. The third-order valence-electron chi connectivity index (χ3n) is 3.54. The van der Waals surface area contributed by atoms with Gasteiger partial charge in [0.1, 0.15) is 6.79 Å². The van der Waals surface area contributed by atoms with E-state index in [0.29, 0.717) is 5.92 Å². The minimum Gasteiger partial charge on any atom is -0.333 e. The van der Waals surface area contributed by atoms with Gasteiger partial charge >= 0.3 is 0 Å². The van der Waals surface area contributed by atoms with Gasteiger partial charge in [-0.2, -0.15) is 0 Å². The average molecular weight is 269 g/mol. The van der Waals surface area contributed by atoms with Gasteiger partial charge in [0.25, 0.3) is 0 Å². The molecule has 20 heavy (non-hydrogen) atoms. The Kier molecular flexibility index (Phi) is 6.68. The Bertz CT molecular complexity index is 491. The van der Waals surface area contributed by atoms with Gasteiger partial charge in [0.2, 0.25) is 0 Å². The van der Waals surface area contributed by atoms with Crippen molar-refractivity contribution in [2.45, 2.75) is 25.7 Å². The standard InChI is InChI=1S/C16H16.CH5N.CH2O/c1-2-7-12-13-8-3-5-10-15(13)16-11-6-4-9-14(12)16;2*1-2/h3-6,8-12H,2,7H2,1H3;2H2,1H3;1H2. The number of hydrogen-bond donors (Lipinski definition) is 1. The van der Waals surface area contributed by atoms with E-state index < -0.39 is 0 Å². The molecule has 0 saturated carbocycles. The van der Waals surface area contributed by atoms with Gasteiger partial charge < -0.3 is 10.5 Å². The first kappa shape index (κ1) is 16.1. The zero-order chi connectivity index (χ0) is 15.0. The Morgan fingerprint density at radius 2 is 1.30 bits per heavy atom. The van der Waals surface area contributed by atoms with Crippen molar-refractivity contribution in [3.63, 3.8) is 0 Å². The lowest BCUT2D eigenvalue weighted by Crippen LogP contribution is -1.95. The summed E-state index contributed by atoms with van der Waals surface area (Å²) in [6.07, 6.45) is 2.50. The van der Waals surface area contributed by atoms with Crippen molar-refractivity contribution in [2.75, 3.05) is 7.05 Å². The molecular formula is C18H23NO. The van der Waals surface area contributed by atoms with E-state index in [1.54, 1.807) is 0 Å². The van der Waals surface area contributed by atoms with Crippen molar-refractivity contribution < 1.29 is 4.79 Å². The summed E-state index contributed by atoms with van der Waals surface area (Å²) < 4.78 is 0. The van der Waals surface area contributed by atoms with Gasteiger partial charge in [0.15, 0.2) is 0 Å². The molecule has 0 aromatic heterocycles. The van der Waals surface area contributed by atoms with Crippen LogP contribution < -0.4 is 5.73 Å². The Hall–Kier alpha value is -1.93. The van der Waals surface area contributed by atoms with E-state index in [1.165, 1.54) is 42.1 Å². The highest BCUT2D eigenvalue weighted by Gasteiger charge is 2.26. The molecule has 0 bridgehead atoms. The van der Waals surface area contributed by atoms with Crippen LogP contribution >= 0.6 is 0 Å². The Morgan fingerprint density at radius 1 is 0.900 bits per heavy atom. The number of hydrogen-bond acceptors (Lipinski definition) is 2. The molecular weight excluding hydrogens is 246 g/mol. The van der Waals surface area contributed by atoms with Gasteiger partial charge in [-0.25, -0.2) is 0 Å². The highest BCUT2D eigenvalue weighted by Crippen LogP contribution is 2.46. The summed E-state index contributed by atoms with van der Waals surface area (Å²) in [4.78, 5) is 8.00. The summed E-state index contributed by atoms with van der Waals surface area (Å²) in [5.74, 6) is 0.623. The lowest BCUT2D eigenvalue weighted by Gasteiger charge is -2.11. The van der Waals surface area contributed by atoms with Crippen LogP contribution in [0.3, 0.4) is 0 Å². The summed E-state index contributed by atoms with van der Waals surface area (Å²) in [6, 6.07) is 17.7. The zero-order valence-corrected chi connectivity index (χ0v) is 12.3. The largest absolute Gasteiger partial charge is 0.333 e. The van der Waals surface area contributed by atoms with Crippen LogP contribution in [0.4, 0.5) is 0 Å². The molecule has 2 N–H and O–H groups in total. The van der Waals surface area contributed by atoms with Crippen molar-refractivity contribution in [2.24, 2.45) is 5.73 Å². The first-order chi connectivity index (χ1) is 9.92. The average Bonchev–Trinajstić information content (AvgIpc) is 2.87. The zero-order valence-electron chi connectivity index (χ0n) is 12.3. The van der Waals surface area contributed by atoms with Crippen LogP contribution in [0, 0.1) is 0 Å². The quantitative estimate of drug-likeness (QED) is 0.895. The maximum Gasteiger partial charge on any atom is 0.106 e. The summed E-state index contributed by atoms with van der Waals surface area (Å²) in [6.45, 7) is 4.27. The number of fused-ring (bicyclic) bond motifs is 3. The normalized spacial score (nSPS) is 11.3. The first-order valence-corrected chi connectivity index (χ1v) is 6.96. The predicted octanol–water partition coefficient (Wildman–Crippen LogP) is 3.99. The second kappa shape index (κ2) is 8.28. The minimum atomic E-state index is 0.623. The highest BCUT2D eigenvalue weighted by molar-refractivity contribution is 5.78. The van der Waals surface area contributed by atoms with Gasteiger partial charge in [-0.15, -0.1) is 0 Å². The molecule has 0 atom stereocenters. The van der Waals surface area contributed by atoms with Crippen molar-refractivity contribution >= 4 is 6.79 Å². The Balaban J connectivity index is 0.000000461. The first-order valence-electron chi connectivity index (χ1n) is 6.96. The van der Waals surface area contributed by atoms with Crippen LogP contribution in [0.1, 0.15) is 36.8 Å². The molecule has 1 aliphatic carbocycles.